The van der Waals surface area contributed by atoms with Crippen molar-refractivity contribution >= 4 is 11.6 Å². The van der Waals surface area contributed by atoms with Gasteiger partial charge in [-0.2, -0.15) is 0 Å². The van der Waals surface area contributed by atoms with E-state index in [4.69, 9.17) is 5.73 Å². The summed E-state index contributed by atoms with van der Waals surface area (Å²) in [5, 5.41) is 3.34. The lowest BCUT2D eigenvalue weighted by atomic mass is 10.1. The first-order valence-corrected chi connectivity index (χ1v) is 5.10. The number of nitrogen functional groups attached to an aromatic ring is 1. The molecule has 2 rings (SSSR count). The lowest BCUT2D eigenvalue weighted by molar-refractivity contribution is 0.553. The average molecular weight is 192 g/mol. The maximum Gasteiger partial charge on any atom is 0.222 e. The summed E-state index contributed by atoms with van der Waals surface area (Å²) >= 11 is 0. The second kappa shape index (κ2) is 3.82. The Hall–Kier alpha value is -1.32. The minimum atomic E-state index is 0.527. The van der Waals surface area contributed by atoms with Gasteiger partial charge in [-0.15, -0.1) is 0 Å². The van der Waals surface area contributed by atoms with Gasteiger partial charge in [0.1, 0.15) is 0 Å². The zero-order valence-electron chi connectivity index (χ0n) is 8.40. The van der Waals surface area contributed by atoms with E-state index in [2.05, 4.69) is 22.2 Å². The van der Waals surface area contributed by atoms with E-state index in [-0.39, 0.29) is 0 Å². The standard InChI is InChI=1S/C10H16N4/c1-7-3-2-4-9(7)14-10-12-5-8(11)6-13-10/h5-7,9H,2-4,11H2,1H3,(H,12,13,14). The van der Waals surface area contributed by atoms with Crippen LogP contribution in [0, 0.1) is 5.92 Å². The molecule has 1 aliphatic rings. The first-order valence-electron chi connectivity index (χ1n) is 5.10. The van der Waals surface area contributed by atoms with Crippen molar-refractivity contribution in [1.29, 1.82) is 0 Å². The van der Waals surface area contributed by atoms with E-state index in [1.54, 1.807) is 12.4 Å². The minimum absolute atomic E-state index is 0.527. The molecule has 0 saturated heterocycles. The van der Waals surface area contributed by atoms with Crippen molar-refractivity contribution in [3.05, 3.63) is 12.4 Å². The third-order valence-electron chi connectivity index (χ3n) is 2.85. The Labute approximate surface area is 83.9 Å². The highest BCUT2D eigenvalue weighted by molar-refractivity contribution is 5.36. The SMILES string of the molecule is CC1CCCC1Nc1ncc(N)cn1. The Morgan fingerprint density at radius 2 is 2.07 bits per heavy atom. The fourth-order valence-electron chi connectivity index (χ4n) is 1.94. The zero-order chi connectivity index (χ0) is 9.97. The lowest BCUT2D eigenvalue weighted by Gasteiger charge is -2.16. The molecule has 0 aromatic carbocycles. The highest BCUT2D eigenvalue weighted by Gasteiger charge is 2.23. The number of nitrogens with one attached hydrogen (secondary N) is 1. The van der Waals surface area contributed by atoms with Crippen molar-refractivity contribution in [2.24, 2.45) is 5.92 Å². The van der Waals surface area contributed by atoms with E-state index in [9.17, 15) is 0 Å². The molecule has 0 bridgehead atoms. The summed E-state index contributed by atoms with van der Waals surface area (Å²) in [6.45, 7) is 2.27. The van der Waals surface area contributed by atoms with Crippen LogP contribution in [0.4, 0.5) is 11.6 Å². The number of anilines is 2. The third-order valence-corrected chi connectivity index (χ3v) is 2.85. The van der Waals surface area contributed by atoms with Gasteiger partial charge in [0.15, 0.2) is 0 Å². The number of rotatable bonds is 2. The van der Waals surface area contributed by atoms with E-state index < -0.39 is 0 Å². The van der Waals surface area contributed by atoms with Gasteiger partial charge in [-0.3, -0.25) is 0 Å². The summed E-state index contributed by atoms with van der Waals surface area (Å²) < 4.78 is 0. The number of nitrogens with two attached hydrogens (primary N) is 1. The van der Waals surface area contributed by atoms with Crippen molar-refractivity contribution in [1.82, 2.24) is 9.97 Å². The van der Waals surface area contributed by atoms with E-state index in [1.165, 1.54) is 19.3 Å². The first-order chi connectivity index (χ1) is 6.75. The Bertz CT molecular complexity index is 295. The summed E-state index contributed by atoms with van der Waals surface area (Å²) in [5.74, 6) is 1.41. The van der Waals surface area contributed by atoms with Crippen LogP contribution in [0.2, 0.25) is 0 Å². The zero-order valence-corrected chi connectivity index (χ0v) is 8.40. The van der Waals surface area contributed by atoms with Crippen molar-refractivity contribution in [2.45, 2.75) is 32.2 Å². The Morgan fingerprint density at radius 3 is 2.64 bits per heavy atom. The molecule has 0 radical (unpaired) electrons. The number of aromatic nitrogens is 2. The van der Waals surface area contributed by atoms with Gasteiger partial charge in [-0.1, -0.05) is 13.3 Å². The summed E-state index contributed by atoms with van der Waals surface area (Å²) in [6.07, 6.45) is 7.08. The van der Waals surface area contributed by atoms with Gasteiger partial charge in [0, 0.05) is 6.04 Å². The largest absolute Gasteiger partial charge is 0.396 e. The maximum absolute atomic E-state index is 5.51. The molecule has 4 nitrogen and oxygen atoms in total. The van der Waals surface area contributed by atoms with Crippen LogP contribution in [0.15, 0.2) is 12.4 Å². The highest BCUT2D eigenvalue weighted by atomic mass is 15.1. The molecule has 2 unspecified atom stereocenters. The average Bonchev–Trinajstić information content (AvgIpc) is 2.56. The monoisotopic (exact) mass is 192 g/mol. The van der Waals surface area contributed by atoms with Gasteiger partial charge >= 0.3 is 0 Å². The van der Waals surface area contributed by atoms with E-state index in [0.717, 1.165) is 5.92 Å². The summed E-state index contributed by atoms with van der Waals surface area (Å²) in [4.78, 5) is 8.26. The van der Waals surface area contributed by atoms with Crippen LogP contribution >= 0.6 is 0 Å². The quantitative estimate of drug-likeness (QED) is 0.748. The molecule has 1 aromatic rings. The molecule has 4 heteroatoms. The molecule has 1 heterocycles. The number of hydrogen-bond donors (Lipinski definition) is 2. The van der Waals surface area contributed by atoms with Crippen LogP contribution in [-0.2, 0) is 0 Å². The van der Waals surface area contributed by atoms with Crippen LogP contribution in [0.25, 0.3) is 0 Å². The first kappa shape index (κ1) is 9.24. The van der Waals surface area contributed by atoms with E-state index in [0.29, 0.717) is 17.7 Å². The molecule has 1 aliphatic carbocycles. The van der Waals surface area contributed by atoms with Crippen LogP contribution < -0.4 is 11.1 Å². The van der Waals surface area contributed by atoms with Gasteiger partial charge in [0.05, 0.1) is 18.1 Å². The lowest BCUT2D eigenvalue weighted by Crippen LogP contribution is -2.23. The van der Waals surface area contributed by atoms with E-state index in [1.807, 2.05) is 0 Å². The smallest absolute Gasteiger partial charge is 0.222 e. The van der Waals surface area contributed by atoms with Crippen LogP contribution in [-0.4, -0.2) is 16.0 Å². The Morgan fingerprint density at radius 1 is 1.36 bits per heavy atom. The molecule has 0 amide bonds. The molecule has 2 atom stereocenters. The number of hydrogen-bond acceptors (Lipinski definition) is 4. The maximum atomic E-state index is 5.51. The van der Waals surface area contributed by atoms with Gasteiger partial charge in [0.25, 0.3) is 0 Å². The van der Waals surface area contributed by atoms with Crippen molar-refractivity contribution in [2.75, 3.05) is 11.1 Å². The topological polar surface area (TPSA) is 63.8 Å². The normalized spacial score (nSPS) is 26.4. The molecule has 1 saturated carbocycles. The summed E-state index contributed by atoms with van der Waals surface area (Å²) in [6, 6.07) is 0.527. The fraction of sp³-hybridized carbons (Fsp3) is 0.600. The third kappa shape index (κ3) is 1.95. The Balaban J connectivity index is 2.00. The van der Waals surface area contributed by atoms with Gasteiger partial charge in [-0.25, -0.2) is 9.97 Å². The molecule has 1 fully saturated rings. The molecule has 14 heavy (non-hydrogen) atoms. The predicted octanol–water partition coefficient (Wildman–Crippen LogP) is 1.66. The molecule has 1 aromatic heterocycles. The van der Waals surface area contributed by atoms with E-state index >= 15 is 0 Å². The van der Waals surface area contributed by atoms with Crippen LogP contribution in [0.5, 0.6) is 0 Å². The van der Waals surface area contributed by atoms with Gasteiger partial charge < -0.3 is 11.1 Å². The molecule has 0 spiro atoms. The minimum Gasteiger partial charge on any atom is -0.396 e. The summed E-state index contributed by atoms with van der Waals surface area (Å²) in [5.41, 5.74) is 6.12. The van der Waals surface area contributed by atoms with Crippen molar-refractivity contribution in [3.63, 3.8) is 0 Å². The number of nitrogens with zero attached hydrogens (tertiary/aromatic N) is 2. The Kier molecular flexibility index (Phi) is 2.52. The van der Waals surface area contributed by atoms with Crippen LogP contribution in [0.1, 0.15) is 26.2 Å². The van der Waals surface area contributed by atoms with Gasteiger partial charge in [0.2, 0.25) is 5.95 Å². The molecule has 3 N–H and O–H groups in total. The molecule has 76 valence electrons. The van der Waals surface area contributed by atoms with Crippen molar-refractivity contribution < 1.29 is 0 Å². The second-order valence-corrected chi connectivity index (χ2v) is 4.00. The molecular weight excluding hydrogens is 176 g/mol. The fourth-order valence-corrected chi connectivity index (χ4v) is 1.94. The molecule has 0 aliphatic heterocycles. The molecular formula is C10H16N4. The van der Waals surface area contributed by atoms with Gasteiger partial charge in [-0.05, 0) is 18.8 Å². The predicted molar refractivity (Wildman–Crippen MR) is 56.9 cm³/mol. The second-order valence-electron chi connectivity index (χ2n) is 4.00. The highest BCUT2D eigenvalue weighted by Crippen LogP contribution is 2.26. The summed E-state index contributed by atoms with van der Waals surface area (Å²) in [7, 11) is 0. The van der Waals surface area contributed by atoms with Crippen LogP contribution in [0.3, 0.4) is 0 Å². The van der Waals surface area contributed by atoms with Crippen molar-refractivity contribution in [3.8, 4) is 0 Å².